The van der Waals surface area contributed by atoms with E-state index in [1.165, 1.54) is 385 Å². The number of amides is 1. The molecule has 0 aliphatic rings. The van der Waals surface area contributed by atoms with Gasteiger partial charge < -0.3 is 20.3 Å². The van der Waals surface area contributed by atoms with Gasteiger partial charge in [0, 0.05) is 12.8 Å². The van der Waals surface area contributed by atoms with Gasteiger partial charge in [-0.05, 0) is 83.5 Å². The van der Waals surface area contributed by atoms with Crippen molar-refractivity contribution in [3.8, 4) is 0 Å². The van der Waals surface area contributed by atoms with Crippen molar-refractivity contribution >= 4 is 11.9 Å². The summed E-state index contributed by atoms with van der Waals surface area (Å²) in [6.07, 6.45) is 103. The number of unbranched alkanes of at least 4 members (excludes halogenated alkanes) is 62. The van der Waals surface area contributed by atoms with Crippen molar-refractivity contribution in [2.24, 2.45) is 0 Å². The number of esters is 1. The molecule has 0 aliphatic heterocycles. The lowest BCUT2D eigenvalue weighted by Crippen LogP contribution is -2.45. The van der Waals surface area contributed by atoms with E-state index in [1.54, 1.807) is 6.08 Å². The van der Waals surface area contributed by atoms with Crippen LogP contribution in [0.4, 0.5) is 0 Å². The molecule has 1 amide bonds. The zero-order valence-electron chi connectivity index (χ0n) is 60.4. The fourth-order valence-electron chi connectivity index (χ4n) is 12.9. The van der Waals surface area contributed by atoms with Crippen LogP contribution >= 0.6 is 0 Å². The Balaban J connectivity index is 3.38. The van der Waals surface area contributed by atoms with Crippen LogP contribution in [0.5, 0.6) is 0 Å². The number of allylic oxidation sites excluding steroid dienone is 5. The van der Waals surface area contributed by atoms with Crippen LogP contribution in [0, 0.1) is 0 Å². The first-order chi connectivity index (χ1) is 44.0. The van der Waals surface area contributed by atoms with Crippen molar-refractivity contribution < 1.29 is 24.5 Å². The van der Waals surface area contributed by atoms with Crippen molar-refractivity contribution in [2.45, 2.75) is 469 Å². The van der Waals surface area contributed by atoms with Gasteiger partial charge in [0.25, 0.3) is 0 Å². The van der Waals surface area contributed by atoms with Crippen LogP contribution in [0.15, 0.2) is 36.5 Å². The van der Waals surface area contributed by atoms with Crippen molar-refractivity contribution in [2.75, 3.05) is 13.2 Å². The Bertz CT molecular complexity index is 1440. The van der Waals surface area contributed by atoms with Crippen molar-refractivity contribution in [1.82, 2.24) is 5.32 Å². The predicted molar refractivity (Wildman–Crippen MR) is 393 cm³/mol. The summed E-state index contributed by atoms with van der Waals surface area (Å²) in [6.45, 7) is 4.95. The Morgan fingerprint density at radius 3 is 0.798 bits per heavy atom. The Kier molecular flexibility index (Phi) is 76.8. The Hall–Kier alpha value is -1.92. The van der Waals surface area contributed by atoms with Gasteiger partial charge in [-0.3, -0.25) is 9.59 Å². The number of hydrogen-bond acceptors (Lipinski definition) is 5. The zero-order valence-corrected chi connectivity index (χ0v) is 60.4. The summed E-state index contributed by atoms with van der Waals surface area (Å²) in [7, 11) is 0. The normalized spacial score (nSPS) is 12.6. The van der Waals surface area contributed by atoms with Gasteiger partial charge in [0.1, 0.15) is 0 Å². The van der Waals surface area contributed by atoms with Crippen LogP contribution in [0.1, 0.15) is 457 Å². The minimum absolute atomic E-state index is 0.0114. The lowest BCUT2D eigenvalue weighted by molar-refractivity contribution is -0.143. The standard InChI is InChI=1S/C83H159NO5/c1-3-5-7-9-11-13-15-17-19-21-22-23-24-35-38-41-44-47-51-55-59-63-67-71-75-81(86)80(79-85)84-82(87)76-72-68-64-60-56-52-48-45-42-39-36-33-31-29-27-25-26-28-30-32-34-37-40-43-46-50-54-58-62-66-70-74-78-89-83(88)77-73-69-65-61-57-53-49-20-18-16-14-12-10-8-6-4-2/h20,28,30,49,71,75,80-81,85-86H,3-19,21-27,29,31-48,50-70,72-74,76-79H2,1-2H3,(H,84,87)/b30-28-,49-20-,75-71+. The SMILES string of the molecule is CCCCCCCCC/C=C\CCCCCCCC(=O)OCCCCCCCCCCCCCC/C=C\CCCCCCCCCCCCCCCCCCC(=O)NC(CO)C(O)/C=C/CCCCCCCCCCCCCCCCCCCCCCCC. The van der Waals surface area contributed by atoms with Gasteiger partial charge in [-0.1, -0.05) is 397 Å². The summed E-state index contributed by atoms with van der Waals surface area (Å²) in [6, 6.07) is -0.628. The van der Waals surface area contributed by atoms with Crippen LogP contribution in [-0.2, 0) is 14.3 Å². The molecule has 2 atom stereocenters. The monoisotopic (exact) mass is 1250 g/mol. The molecule has 0 bridgehead atoms. The van der Waals surface area contributed by atoms with E-state index in [-0.39, 0.29) is 18.5 Å². The molecule has 0 fully saturated rings. The van der Waals surface area contributed by atoms with Crippen LogP contribution in [0.25, 0.3) is 0 Å². The topological polar surface area (TPSA) is 95.9 Å². The Labute approximate surface area is 557 Å². The van der Waals surface area contributed by atoms with Crippen LogP contribution in [-0.4, -0.2) is 47.4 Å². The number of aliphatic hydroxyl groups excluding tert-OH is 2. The van der Waals surface area contributed by atoms with E-state index in [2.05, 4.69) is 43.5 Å². The summed E-state index contributed by atoms with van der Waals surface area (Å²) in [4.78, 5) is 24.7. The molecular formula is C83H159NO5. The summed E-state index contributed by atoms with van der Waals surface area (Å²) in [5.41, 5.74) is 0. The molecule has 6 heteroatoms. The van der Waals surface area contributed by atoms with E-state index in [4.69, 9.17) is 4.74 Å². The third kappa shape index (κ3) is 75.0. The number of nitrogens with one attached hydrogen (secondary N) is 1. The quantitative estimate of drug-likeness (QED) is 0.0320. The molecule has 0 spiro atoms. The average molecular weight is 1250 g/mol. The molecule has 0 aliphatic carbocycles. The van der Waals surface area contributed by atoms with Crippen molar-refractivity contribution in [3.63, 3.8) is 0 Å². The van der Waals surface area contributed by atoms with Gasteiger partial charge in [0.05, 0.1) is 25.4 Å². The molecule has 0 saturated heterocycles. The average Bonchev–Trinajstić information content (AvgIpc) is 3.60. The highest BCUT2D eigenvalue weighted by Crippen LogP contribution is 2.20. The highest BCUT2D eigenvalue weighted by Gasteiger charge is 2.18. The van der Waals surface area contributed by atoms with Crippen LogP contribution < -0.4 is 5.32 Å². The molecule has 0 aromatic carbocycles. The molecule has 0 aromatic rings. The summed E-state index contributed by atoms with van der Waals surface area (Å²) in [5, 5.41) is 23.3. The van der Waals surface area contributed by atoms with E-state index >= 15 is 0 Å². The van der Waals surface area contributed by atoms with Gasteiger partial charge in [-0.25, -0.2) is 0 Å². The number of aliphatic hydroxyl groups is 2. The van der Waals surface area contributed by atoms with Gasteiger partial charge in [-0.15, -0.1) is 0 Å². The molecule has 3 N–H and O–H groups in total. The smallest absolute Gasteiger partial charge is 0.305 e. The maximum absolute atomic E-state index is 12.6. The van der Waals surface area contributed by atoms with Gasteiger partial charge in [0.2, 0.25) is 5.91 Å². The molecule has 2 unspecified atom stereocenters. The molecule has 0 heterocycles. The molecule has 0 radical (unpaired) electrons. The van der Waals surface area contributed by atoms with E-state index in [1.807, 2.05) is 6.08 Å². The first-order valence-corrected chi connectivity index (χ1v) is 40.8. The minimum Gasteiger partial charge on any atom is -0.466 e. The summed E-state index contributed by atoms with van der Waals surface area (Å²) >= 11 is 0. The molecule has 6 nitrogen and oxygen atoms in total. The highest BCUT2D eigenvalue weighted by molar-refractivity contribution is 5.76. The molecule has 89 heavy (non-hydrogen) atoms. The maximum Gasteiger partial charge on any atom is 0.305 e. The van der Waals surface area contributed by atoms with Crippen LogP contribution in [0.3, 0.4) is 0 Å². The number of carbonyl (C=O) groups is 2. The second-order valence-corrected chi connectivity index (χ2v) is 28.1. The number of ether oxygens (including phenoxy) is 1. The number of rotatable bonds is 77. The third-order valence-electron chi connectivity index (χ3n) is 19.1. The Morgan fingerprint density at radius 2 is 0.528 bits per heavy atom. The highest BCUT2D eigenvalue weighted by atomic mass is 16.5. The molecule has 0 saturated carbocycles. The molecule has 0 rings (SSSR count). The van der Waals surface area contributed by atoms with Gasteiger partial charge in [-0.2, -0.15) is 0 Å². The maximum atomic E-state index is 12.6. The third-order valence-corrected chi connectivity index (χ3v) is 19.1. The van der Waals surface area contributed by atoms with Gasteiger partial charge >= 0.3 is 5.97 Å². The molecule has 0 aromatic heterocycles. The fourth-order valence-corrected chi connectivity index (χ4v) is 12.9. The van der Waals surface area contributed by atoms with E-state index in [0.29, 0.717) is 19.4 Å². The van der Waals surface area contributed by atoms with Crippen molar-refractivity contribution in [3.05, 3.63) is 36.5 Å². The first kappa shape index (κ1) is 87.1. The van der Waals surface area contributed by atoms with Crippen LogP contribution in [0.2, 0.25) is 0 Å². The fraction of sp³-hybridized carbons (Fsp3) is 0.904. The minimum atomic E-state index is -0.845. The second-order valence-electron chi connectivity index (χ2n) is 28.1. The predicted octanol–water partition coefficient (Wildman–Crippen LogP) is 27.0. The zero-order chi connectivity index (χ0) is 64.2. The van der Waals surface area contributed by atoms with Gasteiger partial charge in [0.15, 0.2) is 0 Å². The lowest BCUT2D eigenvalue weighted by atomic mass is 10.0. The molecular weight excluding hydrogens is 1090 g/mol. The van der Waals surface area contributed by atoms with Crippen molar-refractivity contribution in [1.29, 1.82) is 0 Å². The molecule has 526 valence electrons. The van der Waals surface area contributed by atoms with E-state index in [0.717, 1.165) is 44.9 Å². The Morgan fingerprint density at radius 1 is 0.303 bits per heavy atom. The number of carbonyl (C=O) groups excluding carboxylic acids is 2. The first-order valence-electron chi connectivity index (χ1n) is 40.8. The second kappa shape index (κ2) is 78.5. The summed E-state index contributed by atoms with van der Waals surface area (Å²) < 4.78 is 5.50. The number of hydrogen-bond donors (Lipinski definition) is 3. The van der Waals surface area contributed by atoms with E-state index in [9.17, 15) is 19.8 Å². The van der Waals surface area contributed by atoms with E-state index < -0.39 is 12.1 Å². The largest absolute Gasteiger partial charge is 0.466 e. The summed E-state index contributed by atoms with van der Waals surface area (Å²) in [5.74, 6) is -0.0489. The lowest BCUT2D eigenvalue weighted by Gasteiger charge is -2.20.